The van der Waals surface area contributed by atoms with Crippen LogP contribution in [0.25, 0.3) is 0 Å². The molecular formula is C23H30N8O8. The van der Waals surface area contributed by atoms with E-state index in [0.717, 1.165) is 0 Å². The van der Waals surface area contributed by atoms with Crippen LogP contribution >= 0.6 is 0 Å². The smallest absolute Gasteiger partial charge is 0.326 e. The van der Waals surface area contributed by atoms with Crippen molar-refractivity contribution < 1.29 is 39.0 Å². The molecule has 39 heavy (non-hydrogen) atoms. The van der Waals surface area contributed by atoms with Gasteiger partial charge in [-0.05, 0) is 17.7 Å². The third-order valence-electron chi connectivity index (χ3n) is 5.40. The standard InChI is InChI=1S/C23H30N8O8/c24-14(7-18(25)33)20(35)29-16(8-19(26)34)22(37)30-15(5-11-1-3-13(32)4-2-11)21(36)31-17(23(38)39)6-12-9-27-10-28-12/h1-4,9-10,14-17,32H,5-8,24H2,(H2,25,33)(H2,26,34)(H,27,28)(H,29,35)(H,30,37)(H,31,36)(H,38,39). The van der Waals surface area contributed by atoms with Gasteiger partial charge in [0.2, 0.25) is 29.5 Å². The molecule has 12 N–H and O–H groups in total. The van der Waals surface area contributed by atoms with Crippen LogP contribution in [0.1, 0.15) is 24.1 Å². The lowest BCUT2D eigenvalue weighted by atomic mass is 10.0. The van der Waals surface area contributed by atoms with Crippen molar-refractivity contribution in [1.82, 2.24) is 25.9 Å². The predicted octanol–water partition coefficient (Wildman–Crippen LogP) is -3.48. The van der Waals surface area contributed by atoms with Crippen LogP contribution in [-0.2, 0) is 41.6 Å². The number of carbonyl (C=O) groups excluding carboxylic acids is 5. The van der Waals surface area contributed by atoms with Gasteiger partial charge in [0, 0.05) is 24.7 Å². The van der Waals surface area contributed by atoms with Gasteiger partial charge < -0.3 is 48.3 Å². The number of phenols is 1. The summed E-state index contributed by atoms with van der Waals surface area (Å²) in [7, 11) is 0. The summed E-state index contributed by atoms with van der Waals surface area (Å²) in [6.07, 6.45) is 1.22. The number of carboxylic acid groups (broad SMARTS) is 1. The van der Waals surface area contributed by atoms with Crippen LogP contribution in [0.5, 0.6) is 5.75 Å². The minimum Gasteiger partial charge on any atom is -0.508 e. The first-order chi connectivity index (χ1) is 18.3. The largest absolute Gasteiger partial charge is 0.508 e. The normalized spacial score (nSPS) is 13.8. The number of nitrogens with zero attached hydrogens (tertiary/aromatic N) is 1. The summed E-state index contributed by atoms with van der Waals surface area (Å²) in [5.41, 5.74) is 16.7. The molecule has 1 heterocycles. The van der Waals surface area contributed by atoms with Crippen molar-refractivity contribution in [2.24, 2.45) is 17.2 Å². The number of aliphatic carboxylic acids is 1. The van der Waals surface area contributed by atoms with Gasteiger partial charge in [-0.15, -0.1) is 0 Å². The molecule has 16 nitrogen and oxygen atoms in total. The molecule has 0 bridgehead atoms. The number of hydrogen-bond donors (Lipinski definition) is 9. The van der Waals surface area contributed by atoms with Gasteiger partial charge in [0.15, 0.2) is 0 Å². The number of imidazole rings is 1. The highest BCUT2D eigenvalue weighted by molar-refractivity contribution is 5.97. The fourth-order valence-corrected chi connectivity index (χ4v) is 3.44. The summed E-state index contributed by atoms with van der Waals surface area (Å²) >= 11 is 0. The van der Waals surface area contributed by atoms with Crippen molar-refractivity contribution in [1.29, 1.82) is 0 Å². The summed E-state index contributed by atoms with van der Waals surface area (Å²) < 4.78 is 0. The molecule has 0 spiro atoms. The van der Waals surface area contributed by atoms with Gasteiger partial charge in [-0.2, -0.15) is 0 Å². The van der Waals surface area contributed by atoms with E-state index in [9.17, 15) is 39.0 Å². The second-order valence-electron chi connectivity index (χ2n) is 8.62. The summed E-state index contributed by atoms with van der Waals surface area (Å²) in [6, 6.07) is -0.132. The number of aromatic hydroxyl groups is 1. The van der Waals surface area contributed by atoms with Crippen LogP contribution in [0.3, 0.4) is 0 Å². The summed E-state index contributed by atoms with van der Waals surface area (Å²) in [5, 5.41) is 26.1. The molecule has 4 atom stereocenters. The van der Waals surface area contributed by atoms with Crippen molar-refractivity contribution in [3.8, 4) is 5.75 Å². The molecule has 0 saturated heterocycles. The molecule has 0 aliphatic heterocycles. The van der Waals surface area contributed by atoms with Crippen LogP contribution in [0.4, 0.5) is 0 Å². The van der Waals surface area contributed by atoms with Crippen LogP contribution in [-0.4, -0.2) is 79.9 Å². The summed E-state index contributed by atoms with van der Waals surface area (Å²) in [4.78, 5) is 79.5. The number of benzene rings is 1. The minimum atomic E-state index is -1.58. The zero-order valence-corrected chi connectivity index (χ0v) is 20.6. The molecule has 0 aliphatic carbocycles. The Morgan fingerprint density at radius 1 is 0.821 bits per heavy atom. The highest BCUT2D eigenvalue weighted by Gasteiger charge is 2.31. The van der Waals surface area contributed by atoms with E-state index in [0.29, 0.717) is 11.3 Å². The van der Waals surface area contributed by atoms with E-state index in [2.05, 4.69) is 25.9 Å². The van der Waals surface area contributed by atoms with Gasteiger partial charge in [0.05, 0.1) is 25.2 Å². The Kier molecular flexibility index (Phi) is 10.9. The van der Waals surface area contributed by atoms with Crippen molar-refractivity contribution >= 4 is 35.5 Å². The molecule has 0 fully saturated rings. The van der Waals surface area contributed by atoms with Gasteiger partial charge in [-0.3, -0.25) is 24.0 Å². The molecule has 0 aliphatic rings. The van der Waals surface area contributed by atoms with Crippen LogP contribution < -0.4 is 33.2 Å². The van der Waals surface area contributed by atoms with Crippen LogP contribution in [0, 0.1) is 0 Å². The van der Waals surface area contributed by atoms with Crippen molar-refractivity contribution in [2.45, 2.75) is 49.9 Å². The lowest BCUT2D eigenvalue weighted by Gasteiger charge is -2.25. The SMILES string of the molecule is NC(=O)CC(N)C(=O)NC(CC(N)=O)C(=O)NC(Cc1ccc(O)cc1)C(=O)NC(Cc1cnc[nH]1)C(=O)O. The van der Waals surface area contributed by atoms with Crippen LogP contribution in [0.2, 0.25) is 0 Å². The Labute approximate surface area is 221 Å². The van der Waals surface area contributed by atoms with E-state index in [1.54, 1.807) is 0 Å². The van der Waals surface area contributed by atoms with E-state index < -0.39 is 72.5 Å². The lowest BCUT2D eigenvalue weighted by molar-refractivity contribution is -0.142. The Morgan fingerprint density at radius 2 is 1.38 bits per heavy atom. The summed E-state index contributed by atoms with van der Waals surface area (Å²) in [5.74, 6) is -6.11. The van der Waals surface area contributed by atoms with Gasteiger partial charge in [-0.1, -0.05) is 12.1 Å². The fourth-order valence-electron chi connectivity index (χ4n) is 3.44. The third-order valence-corrected chi connectivity index (χ3v) is 5.40. The molecular weight excluding hydrogens is 516 g/mol. The molecule has 16 heteroatoms. The van der Waals surface area contributed by atoms with E-state index in [-0.39, 0.29) is 18.6 Å². The number of H-pyrrole nitrogens is 1. The van der Waals surface area contributed by atoms with Crippen molar-refractivity contribution in [3.05, 3.63) is 48.0 Å². The second kappa shape index (κ2) is 14.1. The number of aromatic amines is 1. The average molecular weight is 547 g/mol. The Hall–Kier alpha value is -4.99. The van der Waals surface area contributed by atoms with Crippen molar-refractivity contribution in [2.75, 3.05) is 0 Å². The third kappa shape index (κ3) is 10.1. The predicted molar refractivity (Wildman–Crippen MR) is 133 cm³/mol. The number of carbonyl (C=O) groups is 6. The van der Waals surface area contributed by atoms with Gasteiger partial charge in [-0.25, -0.2) is 9.78 Å². The average Bonchev–Trinajstić information content (AvgIpc) is 3.36. The number of amides is 5. The number of nitrogens with one attached hydrogen (secondary N) is 4. The molecule has 1 aromatic carbocycles. The molecule has 2 aromatic rings. The Morgan fingerprint density at radius 3 is 1.92 bits per heavy atom. The zero-order chi connectivity index (χ0) is 29.1. The van der Waals surface area contributed by atoms with E-state index >= 15 is 0 Å². The summed E-state index contributed by atoms with van der Waals surface area (Å²) in [6.45, 7) is 0. The molecule has 2 rings (SSSR count). The highest BCUT2D eigenvalue weighted by Crippen LogP contribution is 2.12. The van der Waals surface area contributed by atoms with E-state index in [1.165, 1.54) is 36.8 Å². The van der Waals surface area contributed by atoms with Gasteiger partial charge >= 0.3 is 5.97 Å². The Bertz CT molecular complexity index is 1190. The quantitative estimate of drug-likeness (QED) is 0.106. The first kappa shape index (κ1) is 30.2. The molecule has 4 unspecified atom stereocenters. The lowest BCUT2D eigenvalue weighted by Crippen LogP contribution is -2.58. The maximum Gasteiger partial charge on any atom is 0.326 e. The van der Waals surface area contributed by atoms with Gasteiger partial charge in [0.25, 0.3) is 0 Å². The van der Waals surface area contributed by atoms with Crippen LogP contribution in [0.15, 0.2) is 36.8 Å². The molecule has 1 aromatic heterocycles. The number of nitrogens with two attached hydrogens (primary N) is 3. The molecule has 210 valence electrons. The first-order valence-electron chi connectivity index (χ1n) is 11.6. The molecule has 5 amide bonds. The second-order valence-corrected chi connectivity index (χ2v) is 8.62. The number of hydrogen-bond acceptors (Lipinski definition) is 9. The number of phenolic OH excluding ortho intramolecular Hbond substituents is 1. The van der Waals surface area contributed by atoms with Crippen molar-refractivity contribution in [3.63, 3.8) is 0 Å². The molecule has 0 radical (unpaired) electrons. The topological polar surface area (TPSA) is 286 Å². The number of aromatic nitrogens is 2. The zero-order valence-electron chi connectivity index (χ0n) is 20.6. The maximum atomic E-state index is 13.2. The van der Waals surface area contributed by atoms with E-state index in [1.807, 2.05) is 0 Å². The number of carboxylic acids is 1. The van der Waals surface area contributed by atoms with Gasteiger partial charge in [0.1, 0.15) is 23.9 Å². The molecule has 0 saturated carbocycles. The number of primary amides is 2. The first-order valence-corrected chi connectivity index (χ1v) is 11.6. The minimum absolute atomic E-state index is 0.0502. The fraction of sp³-hybridized carbons (Fsp3) is 0.348. The highest BCUT2D eigenvalue weighted by atomic mass is 16.4. The number of rotatable bonds is 15. The Balaban J connectivity index is 2.26. The monoisotopic (exact) mass is 546 g/mol. The van der Waals surface area contributed by atoms with E-state index in [4.69, 9.17) is 17.2 Å². The maximum absolute atomic E-state index is 13.2.